The van der Waals surface area contributed by atoms with Gasteiger partial charge in [-0.05, 0) is 24.3 Å². The molecule has 4 N–H and O–H groups in total. The van der Waals surface area contributed by atoms with Crippen molar-refractivity contribution >= 4 is 29.2 Å². The van der Waals surface area contributed by atoms with Gasteiger partial charge in [0.05, 0.1) is 21.8 Å². The first-order chi connectivity index (χ1) is 9.91. The van der Waals surface area contributed by atoms with Gasteiger partial charge in [0.15, 0.2) is 5.75 Å². The summed E-state index contributed by atoms with van der Waals surface area (Å²) in [4.78, 5) is 22.0. The number of para-hydroxylation sites is 1. The van der Waals surface area contributed by atoms with Crippen molar-refractivity contribution in [1.29, 1.82) is 0 Å². The van der Waals surface area contributed by atoms with Gasteiger partial charge in [-0.15, -0.1) is 0 Å². The molecule has 2 rings (SSSR count). The molecule has 0 aliphatic carbocycles. The molecule has 2 aromatic carbocycles. The van der Waals surface area contributed by atoms with Crippen LogP contribution in [0.4, 0.5) is 5.69 Å². The summed E-state index contributed by atoms with van der Waals surface area (Å²) in [5.74, 6) is -2.23. The van der Waals surface area contributed by atoms with Crippen molar-refractivity contribution < 1.29 is 24.5 Å². The van der Waals surface area contributed by atoms with E-state index in [1.165, 1.54) is 36.4 Å². The zero-order chi connectivity index (χ0) is 15.6. The van der Waals surface area contributed by atoms with Gasteiger partial charge in [-0.25, -0.2) is 9.59 Å². The molecule has 0 aliphatic heterocycles. The second-order valence-corrected chi connectivity index (χ2v) is 4.43. The number of rotatable bonds is 4. The van der Waals surface area contributed by atoms with Gasteiger partial charge >= 0.3 is 11.9 Å². The van der Waals surface area contributed by atoms with E-state index in [4.69, 9.17) is 32.3 Å². The molecule has 0 saturated carbocycles. The van der Waals surface area contributed by atoms with Crippen LogP contribution in [-0.4, -0.2) is 22.2 Å². The van der Waals surface area contributed by atoms with Crippen LogP contribution in [0, 0.1) is 0 Å². The number of carboxylic acid groups (broad SMARTS) is 2. The number of ether oxygens (including phenoxy) is 1. The number of benzene rings is 2. The smallest absolute Gasteiger partial charge is 0.337 e. The van der Waals surface area contributed by atoms with Gasteiger partial charge in [-0.1, -0.05) is 23.7 Å². The maximum Gasteiger partial charge on any atom is 0.337 e. The number of carbonyl (C=O) groups is 2. The molecular weight excluding hydrogens is 298 g/mol. The van der Waals surface area contributed by atoms with Gasteiger partial charge in [0.2, 0.25) is 0 Å². The molecule has 0 amide bonds. The summed E-state index contributed by atoms with van der Waals surface area (Å²) in [6, 6.07) is 8.51. The molecule has 0 atom stereocenters. The monoisotopic (exact) mass is 307 g/mol. The molecule has 0 spiro atoms. The standard InChI is InChI=1S/C14H10ClNO5/c15-11-7(13(17)18)3-1-5-9(11)21-10-6-2-4-8(12(10)16)14(19)20/h1-6H,16H2,(H,17,18)(H,19,20). The van der Waals surface area contributed by atoms with Crippen molar-refractivity contribution in [3.8, 4) is 11.5 Å². The van der Waals surface area contributed by atoms with Gasteiger partial charge in [-0.2, -0.15) is 0 Å². The van der Waals surface area contributed by atoms with E-state index in [1.54, 1.807) is 0 Å². The number of nitrogen functional groups attached to an aromatic ring is 1. The third-order valence-electron chi connectivity index (χ3n) is 2.71. The normalized spacial score (nSPS) is 10.1. The fourth-order valence-corrected chi connectivity index (χ4v) is 1.94. The Morgan fingerprint density at radius 1 is 0.952 bits per heavy atom. The molecule has 0 saturated heterocycles. The predicted octanol–water partition coefficient (Wildman–Crippen LogP) is 3.11. The van der Waals surface area contributed by atoms with E-state index in [-0.39, 0.29) is 33.3 Å². The Morgan fingerprint density at radius 3 is 2.05 bits per heavy atom. The third-order valence-corrected chi connectivity index (χ3v) is 3.10. The van der Waals surface area contributed by atoms with Crippen molar-refractivity contribution in [2.24, 2.45) is 0 Å². The summed E-state index contributed by atoms with van der Waals surface area (Å²) in [7, 11) is 0. The average molecular weight is 308 g/mol. The zero-order valence-corrected chi connectivity index (χ0v) is 11.3. The summed E-state index contributed by atoms with van der Waals surface area (Å²) in [6.45, 7) is 0. The summed E-state index contributed by atoms with van der Waals surface area (Å²) in [6.07, 6.45) is 0. The number of halogens is 1. The lowest BCUT2D eigenvalue weighted by Gasteiger charge is -2.12. The molecule has 6 nitrogen and oxygen atoms in total. The SMILES string of the molecule is Nc1c(Oc2cccc(C(=O)O)c2Cl)cccc1C(=O)O. The number of hydrogen-bond donors (Lipinski definition) is 3. The van der Waals surface area contributed by atoms with Gasteiger partial charge < -0.3 is 20.7 Å². The van der Waals surface area contributed by atoms with Gasteiger partial charge in [0.25, 0.3) is 0 Å². The van der Waals surface area contributed by atoms with Crippen LogP contribution in [0.5, 0.6) is 11.5 Å². The lowest BCUT2D eigenvalue weighted by atomic mass is 10.1. The van der Waals surface area contributed by atoms with Crippen molar-refractivity contribution in [2.75, 3.05) is 5.73 Å². The van der Waals surface area contributed by atoms with E-state index in [1.807, 2.05) is 0 Å². The Hall–Kier alpha value is -2.73. The lowest BCUT2D eigenvalue weighted by Crippen LogP contribution is -2.04. The van der Waals surface area contributed by atoms with E-state index < -0.39 is 11.9 Å². The van der Waals surface area contributed by atoms with Crippen molar-refractivity contribution in [3.63, 3.8) is 0 Å². The Morgan fingerprint density at radius 2 is 1.48 bits per heavy atom. The Labute approximate surface area is 124 Å². The van der Waals surface area contributed by atoms with E-state index >= 15 is 0 Å². The van der Waals surface area contributed by atoms with Crippen molar-refractivity contribution in [2.45, 2.75) is 0 Å². The van der Waals surface area contributed by atoms with Crippen LogP contribution in [0.25, 0.3) is 0 Å². The first-order valence-electron chi connectivity index (χ1n) is 5.73. The van der Waals surface area contributed by atoms with E-state index in [2.05, 4.69) is 0 Å². The molecule has 108 valence electrons. The molecule has 0 radical (unpaired) electrons. The van der Waals surface area contributed by atoms with Crippen LogP contribution < -0.4 is 10.5 Å². The molecule has 7 heteroatoms. The highest BCUT2D eigenvalue weighted by Gasteiger charge is 2.16. The highest BCUT2D eigenvalue weighted by Crippen LogP contribution is 2.35. The molecule has 0 aromatic heterocycles. The molecule has 0 bridgehead atoms. The van der Waals surface area contributed by atoms with E-state index in [9.17, 15) is 9.59 Å². The fourth-order valence-electron chi connectivity index (χ4n) is 1.69. The minimum atomic E-state index is -1.20. The molecule has 2 aromatic rings. The highest BCUT2D eigenvalue weighted by atomic mass is 35.5. The van der Waals surface area contributed by atoms with Crippen LogP contribution in [0.2, 0.25) is 5.02 Å². The van der Waals surface area contributed by atoms with Crippen LogP contribution in [0.1, 0.15) is 20.7 Å². The average Bonchev–Trinajstić information content (AvgIpc) is 2.42. The minimum absolute atomic E-state index is 0.0678. The maximum atomic E-state index is 11.0. The summed E-state index contributed by atoms with van der Waals surface area (Å²) in [5.41, 5.74) is 5.41. The second-order valence-electron chi connectivity index (χ2n) is 4.05. The number of hydrogen-bond acceptors (Lipinski definition) is 4. The van der Waals surface area contributed by atoms with Crippen molar-refractivity contribution in [1.82, 2.24) is 0 Å². The van der Waals surface area contributed by atoms with E-state index in [0.717, 1.165) is 0 Å². The molecule has 0 heterocycles. The topological polar surface area (TPSA) is 110 Å². The summed E-state index contributed by atoms with van der Waals surface area (Å²) in [5, 5.41) is 17.9. The number of aromatic carboxylic acids is 2. The number of nitrogens with two attached hydrogens (primary N) is 1. The van der Waals surface area contributed by atoms with Crippen LogP contribution in [0.15, 0.2) is 36.4 Å². The number of anilines is 1. The van der Waals surface area contributed by atoms with Gasteiger partial charge in [0, 0.05) is 0 Å². The largest absolute Gasteiger partial charge is 0.478 e. The zero-order valence-electron chi connectivity index (χ0n) is 10.5. The van der Waals surface area contributed by atoms with Gasteiger partial charge in [-0.3, -0.25) is 0 Å². The van der Waals surface area contributed by atoms with E-state index in [0.29, 0.717) is 0 Å². The second kappa shape index (κ2) is 5.72. The molecule has 21 heavy (non-hydrogen) atoms. The Balaban J connectivity index is 2.44. The lowest BCUT2D eigenvalue weighted by molar-refractivity contribution is 0.0686. The third kappa shape index (κ3) is 2.90. The molecule has 0 unspecified atom stereocenters. The summed E-state index contributed by atoms with van der Waals surface area (Å²) < 4.78 is 5.44. The predicted molar refractivity (Wildman–Crippen MR) is 76.3 cm³/mol. The van der Waals surface area contributed by atoms with Crippen LogP contribution in [0.3, 0.4) is 0 Å². The molecular formula is C14H10ClNO5. The van der Waals surface area contributed by atoms with Crippen molar-refractivity contribution in [3.05, 3.63) is 52.5 Å². The van der Waals surface area contributed by atoms with Gasteiger partial charge in [0.1, 0.15) is 5.75 Å². The molecule has 0 aliphatic rings. The quantitative estimate of drug-likeness (QED) is 0.749. The van der Waals surface area contributed by atoms with Crippen LogP contribution >= 0.6 is 11.6 Å². The van der Waals surface area contributed by atoms with Crippen LogP contribution in [-0.2, 0) is 0 Å². The highest BCUT2D eigenvalue weighted by molar-refractivity contribution is 6.35. The number of carboxylic acids is 2. The Kier molecular flexibility index (Phi) is 4.00. The minimum Gasteiger partial charge on any atom is -0.478 e. The Bertz CT molecular complexity index is 668. The maximum absolute atomic E-state index is 11.0. The first kappa shape index (κ1) is 14.7. The molecule has 0 fully saturated rings. The fraction of sp³-hybridized carbons (Fsp3) is 0. The summed E-state index contributed by atoms with van der Waals surface area (Å²) >= 11 is 5.95. The first-order valence-corrected chi connectivity index (χ1v) is 6.11.